The molecule has 10 unspecified atom stereocenters. The molecule has 10 atom stereocenters. The Balaban J connectivity index is 1.18. The second kappa shape index (κ2) is 11.0. The Bertz CT molecular complexity index is 1910. The van der Waals surface area contributed by atoms with Gasteiger partial charge in [0.1, 0.15) is 24.4 Å². The van der Waals surface area contributed by atoms with Crippen molar-refractivity contribution in [3.8, 4) is 0 Å². The Morgan fingerprint density at radius 3 is 2.07 bits per heavy atom. The number of nitrogens with zero attached hydrogens (tertiary/aromatic N) is 6. The quantitative estimate of drug-likeness (QED) is 0.119. The lowest BCUT2D eigenvalue weighted by Gasteiger charge is -2.28. The van der Waals surface area contributed by atoms with Crippen LogP contribution in [0.1, 0.15) is 18.7 Å². The fraction of sp³-hybridized carbons (Fsp3) is 0.524. The highest BCUT2D eigenvalue weighted by Gasteiger charge is 2.54. The van der Waals surface area contributed by atoms with Gasteiger partial charge in [-0.1, -0.05) is 0 Å². The van der Waals surface area contributed by atoms with Crippen molar-refractivity contribution in [3.63, 3.8) is 0 Å². The van der Waals surface area contributed by atoms with Gasteiger partial charge in [-0.3, -0.25) is 42.2 Å². The van der Waals surface area contributed by atoms with Crippen LogP contribution in [0.2, 0.25) is 0 Å². The number of phosphoric ester groups is 2. The number of H-pyrrole nitrogens is 2. The monoisotopic (exact) mass is 690 g/mol. The molecule has 0 spiro atoms. The number of fused-ring (bicyclic) bond motifs is 4. The van der Waals surface area contributed by atoms with E-state index in [9.17, 15) is 33.6 Å². The lowest BCUT2D eigenvalue weighted by molar-refractivity contribution is -0.0592. The molecule has 4 aromatic rings. The van der Waals surface area contributed by atoms with Gasteiger partial charge >= 0.3 is 15.6 Å². The smallest absolute Gasteiger partial charge is 0.388 e. The second-order valence-electron chi connectivity index (χ2n) is 10.8. The Hall–Kier alpha value is -3.63. The number of imidazole rings is 2. The van der Waals surface area contributed by atoms with Crippen LogP contribution in [0.3, 0.4) is 0 Å². The number of nitrogens with one attached hydrogen (secondary N) is 2. The first kappa shape index (κ1) is 31.0. The SMILES string of the molecule is Nc1nc2c(ncn2C2CC3COP(=O)(O)OC4C(COP(=O)(O)OC3C2O)OC(n2cnc3c(=O)[nH]c(N)nc32)C4F)c(=O)[nH]1. The number of anilines is 2. The van der Waals surface area contributed by atoms with Crippen LogP contribution in [0.25, 0.3) is 22.3 Å². The minimum absolute atomic E-state index is 0.00944. The fourth-order valence-electron chi connectivity index (χ4n) is 5.89. The number of aliphatic hydroxyl groups is 1. The van der Waals surface area contributed by atoms with Crippen LogP contribution < -0.4 is 22.6 Å². The lowest BCUT2D eigenvalue weighted by atomic mass is 10.1. The minimum Gasteiger partial charge on any atom is -0.388 e. The summed E-state index contributed by atoms with van der Waals surface area (Å²) in [6, 6.07) is -1.000. The molecule has 9 N–H and O–H groups in total. The molecule has 0 aromatic carbocycles. The van der Waals surface area contributed by atoms with Gasteiger partial charge < -0.3 is 35.7 Å². The number of nitrogen functional groups attached to an aromatic ring is 2. The molecule has 2 aliphatic heterocycles. The summed E-state index contributed by atoms with van der Waals surface area (Å²) < 4.78 is 70.8. The summed E-state index contributed by atoms with van der Waals surface area (Å²) in [7, 11) is -10.2. The number of aliphatic hydroxyl groups excluding tert-OH is 1. The van der Waals surface area contributed by atoms with Crippen molar-refractivity contribution < 1.29 is 51.2 Å². The Kier molecular flexibility index (Phi) is 7.40. The molecule has 4 aromatic heterocycles. The Morgan fingerprint density at radius 1 is 0.891 bits per heavy atom. The van der Waals surface area contributed by atoms with Gasteiger partial charge in [0.25, 0.3) is 11.1 Å². The van der Waals surface area contributed by atoms with E-state index >= 15 is 4.39 Å². The summed E-state index contributed by atoms with van der Waals surface area (Å²) >= 11 is 0. The maximum Gasteiger partial charge on any atom is 0.472 e. The Morgan fingerprint density at radius 2 is 1.43 bits per heavy atom. The van der Waals surface area contributed by atoms with Gasteiger partial charge in [0, 0.05) is 5.92 Å². The van der Waals surface area contributed by atoms with Crippen molar-refractivity contribution in [1.29, 1.82) is 0 Å². The fourth-order valence-corrected chi connectivity index (χ4v) is 7.89. The minimum atomic E-state index is -5.10. The molecule has 1 aliphatic carbocycles. The molecule has 46 heavy (non-hydrogen) atoms. The van der Waals surface area contributed by atoms with Crippen molar-refractivity contribution >= 4 is 49.9 Å². The number of nitrogens with two attached hydrogens (primary N) is 2. The highest BCUT2D eigenvalue weighted by atomic mass is 31.2. The van der Waals surface area contributed by atoms with Crippen molar-refractivity contribution in [1.82, 2.24) is 39.0 Å². The van der Waals surface area contributed by atoms with Crippen molar-refractivity contribution in [2.24, 2.45) is 5.92 Å². The van der Waals surface area contributed by atoms with Crippen LogP contribution >= 0.6 is 15.6 Å². The average molecular weight is 690 g/mol. The third-order valence-electron chi connectivity index (χ3n) is 7.90. The molecule has 22 nitrogen and oxygen atoms in total. The van der Waals surface area contributed by atoms with Crippen molar-refractivity contribution in [2.75, 3.05) is 24.7 Å². The second-order valence-corrected chi connectivity index (χ2v) is 13.6. The topological polar surface area (TPSA) is 320 Å². The van der Waals surface area contributed by atoms with Gasteiger partial charge in [-0.15, -0.1) is 0 Å². The van der Waals surface area contributed by atoms with E-state index in [2.05, 4.69) is 29.9 Å². The van der Waals surface area contributed by atoms with Gasteiger partial charge in [-0.2, -0.15) is 9.97 Å². The molecule has 0 bridgehead atoms. The van der Waals surface area contributed by atoms with Crippen LogP contribution in [0.5, 0.6) is 0 Å². The number of alkyl halides is 1. The van der Waals surface area contributed by atoms with E-state index in [1.165, 1.54) is 10.9 Å². The van der Waals surface area contributed by atoms with E-state index in [1.807, 2.05) is 0 Å². The molecule has 2 saturated heterocycles. The summed E-state index contributed by atoms with van der Waals surface area (Å²) in [5.74, 6) is -1.60. The Labute approximate surface area is 253 Å². The van der Waals surface area contributed by atoms with Gasteiger partial charge in [-0.25, -0.2) is 23.5 Å². The van der Waals surface area contributed by atoms with Crippen LogP contribution in [-0.2, 0) is 32.0 Å². The molecule has 3 aliphatic rings. The van der Waals surface area contributed by atoms with E-state index in [1.54, 1.807) is 0 Å². The standard InChI is InChI=1S/C21H25FN10O12P2/c22-9-14-8(42-19(9)32-5-26-11-16(32)28-21(24)30-18(11)35)3-41-46(38,39)43-13-6(2-40-45(36,37)44-14)1-7(12(13)33)31-4-25-10-15(31)27-20(23)29-17(10)34/h4-9,12-14,19,33H,1-3H2,(H,36,37)(H,38,39)(H3,23,27,29,34)(H3,24,28,30,35). The largest absolute Gasteiger partial charge is 0.472 e. The molecule has 1 saturated carbocycles. The van der Waals surface area contributed by atoms with Crippen LogP contribution in [0.4, 0.5) is 16.3 Å². The van der Waals surface area contributed by atoms with Crippen LogP contribution in [0, 0.1) is 5.92 Å². The third kappa shape index (κ3) is 5.33. The molecule has 25 heteroatoms. The van der Waals surface area contributed by atoms with E-state index < -0.39 is 88.8 Å². The van der Waals surface area contributed by atoms with E-state index in [-0.39, 0.29) is 40.6 Å². The van der Waals surface area contributed by atoms with E-state index in [4.69, 9.17) is 34.3 Å². The summed E-state index contributed by atoms with van der Waals surface area (Å²) in [5.41, 5.74) is 9.38. The number of hydrogen-bond acceptors (Lipinski definition) is 16. The van der Waals surface area contributed by atoms with E-state index in [0.717, 1.165) is 10.9 Å². The number of hydrogen-bond donors (Lipinski definition) is 7. The maximum absolute atomic E-state index is 15.9. The number of aromatic nitrogens is 8. The van der Waals surface area contributed by atoms with Crippen molar-refractivity contribution in [2.45, 2.75) is 49.3 Å². The molecule has 3 fully saturated rings. The third-order valence-corrected chi connectivity index (χ3v) is 9.87. The lowest BCUT2D eigenvalue weighted by Crippen LogP contribution is -2.36. The molecule has 6 heterocycles. The maximum atomic E-state index is 15.9. The summed E-state index contributed by atoms with van der Waals surface area (Å²) in [6.45, 7) is -1.60. The number of phosphoric acid groups is 2. The molecular formula is C21H25FN10O12P2. The van der Waals surface area contributed by atoms with Crippen LogP contribution in [0.15, 0.2) is 22.2 Å². The number of rotatable bonds is 2. The molecule has 7 rings (SSSR count). The first-order valence-electron chi connectivity index (χ1n) is 13.4. The zero-order chi connectivity index (χ0) is 32.7. The predicted octanol–water partition coefficient (Wildman–Crippen LogP) is -1.41. The van der Waals surface area contributed by atoms with Crippen LogP contribution in [-0.4, -0.2) is 97.7 Å². The average Bonchev–Trinajstić information content (AvgIpc) is 3.72. The molecular weight excluding hydrogens is 665 g/mol. The summed E-state index contributed by atoms with van der Waals surface area (Å²) in [5, 5.41) is 11.2. The van der Waals surface area contributed by atoms with Gasteiger partial charge in [0.05, 0.1) is 31.9 Å². The predicted molar refractivity (Wildman–Crippen MR) is 148 cm³/mol. The zero-order valence-electron chi connectivity index (χ0n) is 23.0. The molecule has 248 valence electrons. The molecule has 0 amide bonds. The highest BCUT2D eigenvalue weighted by Crippen LogP contribution is 2.55. The number of halogens is 1. The summed E-state index contributed by atoms with van der Waals surface area (Å²) in [4.78, 5) is 66.0. The van der Waals surface area contributed by atoms with E-state index in [0.29, 0.717) is 0 Å². The van der Waals surface area contributed by atoms with Gasteiger partial charge in [0.2, 0.25) is 11.9 Å². The normalized spacial score (nSPS) is 37.1. The summed E-state index contributed by atoms with van der Waals surface area (Å²) in [6.07, 6.45) is -8.49. The molecule has 0 radical (unpaired) electrons. The zero-order valence-corrected chi connectivity index (χ0v) is 24.8. The number of aromatic amines is 2. The van der Waals surface area contributed by atoms with Gasteiger partial charge in [-0.05, 0) is 6.42 Å². The van der Waals surface area contributed by atoms with Crippen molar-refractivity contribution in [3.05, 3.63) is 33.4 Å². The first-order chi connectivity index (χ1) is 21.7. The number of ether oxygens (including phenoxy) is 1. The highest BCUT2D eigenvalue weighted by molar-refractivity contribution is 7.47. The van der Waals surface area contributed by atoms with Gasteiger partial charge in [0.15, 0.2) is 34.7 Å². The first-order valence-corrected chi connectivity index (χ1v) is 16.4.